The number of hydrogen-bond acceptors (Lipinski definition) is 10. The molecule has 0 rings (SSSR count). The predicted molar refractivity (Wildman–Crippen MR) is 115 cm³/mol. The second-order valence-corrected chi connectivity index (χ2v) is 8.82. The van der Waals surface area contributed by atoms with E-state index >= 15 is 0 Å². The molecule has 3 atom stereocenters. The number of unbranched alkanes of at least 4 members (excludes halogenated alkanes) is 9. The van der Waals surface area contributed by atoms with Gasteiger partial charge >= 0.3 is 34.3 Å². The highest BCUT2D eigenvalue weighted by molar-refractivity contribution is 7.81. The molecular weight excluding hydrogens is 480 g/mol. The van der Waals surface area contributed by atoms with Crippen LogP contribution in [0.15, 0.2) is 0 Å². The van der Waals surface area contributed by atoms with Gasteiger partial charge in [-0.05, 0) is 6.42 Å². The standard InChI is InChI=1S/C20H34O13S/c1-2-3-4-5-6-7-8-9-10-11-12-31-34(29,30)33-17(16(23)19(26)27)20(28)32-14(18(24)25)13-15(21)22/h14,16-17,23H,2-13H2,1H3,(H,21,22)(H,24,25)(H,26,27). The summed E-state index contributed by atoms with van der Waals surface area (Å²) in [4.78, 5) is 44.8. The Kier molecular flexibility index (Phi) is 16.0. The Balaban J connectivity index is 4.68. The van der Waals surface area contributed by atoms with Crippen molar-refractivity contribution in [3.05, 3.63) is 0 Å². The predicted octanol–water partition coefficient (Wildman–Crippen LogP) is 1.47. The second kappa shape index (κ2) is 17.2. The highest BCUT2D eigenvalue weighted by Gasteiger charge is 2.41. The summed E-state index contributed by atoms with van der Waals surface area (Å²) in [5.41, 5.74) is 0. The molecule has 0 heterocycles. The zero-order valence-electron chi connectivity index (χ0n) is 19.1. The fraction of sp³-hybridized carbons (Fsp3) is 0.800. The number of aliphatic hydroxyl groups excluding tert-OH is 1. The minimum absolute atomic E-state index is 0.328. The number of esters is 1. The molecule has 0 spiro atoms. The third-order valence-electron chi connectivity index (χ3n) is 4.61. The average Bonchev–Trinajstić information content (AvgIpc) is 2.74. The molecule has 3 unspecified atom stereocenters. The molecule has 0 radical (unpaired) electrons. The highest BCUT2D eigenvalue weighted by Crippen LogP contribution is 2.14. The van der Waals surface area contributed by atoms with Gasteiger partial charge in [0.25, 0.3) is 0 Å². The van der Waals surface area contributed by atoms with E-state index in [1.54, 1.807) is 0 Å². The maximum atomic E-state index is 12.1. The van der Waals surface area contributed by atoms with Crippen LogP contribution in [0.2, 0.25) is 0 Å². The summed E-state index contributed by atoms with van der Waals surface area (Å²) in [6, 6.07) is 0. The molecule has 0 aliphatic rings. The minimum Gasteiger partial charge on any atom is -0.481 e. The Labute approximate surface area is 198 Å². The van der Waals surface area contributed by atoms with E-state index in [2.05, 4.69) is 20.0 Å². The monoisotopic (exact) mass is 514 g/mol. The van der Waals surface area contributed by atoms with Crippen LogP contribution in [0.3, 0.4) is 0 Å². The Morgan fingerprint density at radius 3 is 1.74 bits per heavy atom. The first-order valence-corrected chi connectivity index (χ1v) is 12.4. The lowest BCUT2D eigenvalue weighted by Gasteiger charge is -2.20. The lowest BCUT2D eigenvalue weighted by Crippen LogP contribution is -2.46. The molecule has 0 aromatic carbocycles. The topological polar surface area (TPSA) is 211 Å². The van der Waals surface area contributed by atoms with E-state index in [1.807, 2.05) is 0 Å². The molecule has 4 N–H and O–H groups in total. The second-order valence-electron chi connectivity index (χ2n) is 7.57. The van der Waals surface area contributed by atoms with Crippen molar-refractivity contribution < 1.29 is 61.1 Å². The summed E-state index contributed by atoms with van der Waals surface area (Å²) >= 11 is 0. The van der Waals surface area contributed by atoms with Crippen molar-refractivity contribution in [3.63, 3.8) is 0 Å². The number of carbonyl (C=O) groups is 4. The smallest absolute Gasteiger partial charge is 0.400 e. The Morgan fingerprint density at radius 1 is 0.794 bits per heavy atom. The van der Waals surface area contributed by atoms with Gasteiger partial charge in [-0.1, -0.05) is 64.7 Å². The van der Waals surface area contributed by atoms with Gasteiger partial charge in [0, 0.05) is 0 Å². The van der Waals surface area contributed by atoms with Crippen molar-refractivity contribution in [3.8, 4) is 0 Å². The van der Waals surface area contributed by atoms with Crippen LogP contribution < -0.4 is 0 Å². The van der Waals surface area contributed by atoms with Gasteiger partial charge in [0.1, 0.15) is 0 Å². The number of carboxylic acids is 3. The van der Waals surface area contributed by atoms with E-state index in [1.165, 1.54) is 25.7 Å². The number of rotatable bonds is 21. The van der Waals surface area contributed by atoms with Gasteiger partial charge in [0.05, 0.1) is 13.0 Å². The first-order valence-electron chi connectivity index (χ1n) is 11.0. The summed E-state index contributed by atoms with van der Waals surface area (Å²) in [5.74, 6) is -7.53. The zero-order chi connectivity index (χ0) is 26.1. The fourth-order valence-electron chi connectivity index (χ4n) is 2.80. The largest absolute Gasteiger partial charge is 0.481 e. The molecule has 0 saturated carbocycles. The molecule has 13 nitrogen and oxygen atoms in total. The first kappa shape index (κ1) is 31.7. The fourth-order valence-corrected chi connectivity index (χ4v) is 3.62. The minimum atomic E-state index is -4.98. The maximum absolute atomic E-state index is 12.1. The van der Waals surface area contributed by atoms with E-state index in [9.17, 15) is 32.7 Å². The van der Waals surface area contributed by atoms with E-state index in [-0.39, 0.29) is 6.61 Å². The van der Waals surface area contributed by atoms with Crippen LogP contribution in [0.4, 0.5) is 0 Å². The van der Waals surface area contributed by atoms with Crippen LogP contribution in [-0.4, -0.2) is 77.6 Å². The molecule has 198 valence electrons. The van der Waals surface area contributed by atoms with E-state index < -0.39 is 59.0 Å². The molecule has 0 saturated heterocycles. The first-order chi connectivity index (χ1) is 15.9. The normalized spacial score (nSPS) is 14.2. The summed E-state index contributed by atoms with van der Waals surface area (Å²) in [6.45, 7) is 1.81. The van der Waals surface area contributed by atoms with Crippen LogP contribution in [0.5, 0.6) is 0 Å². The number of carboxylic acid groups (broad SMARTS) is 3. The summed E-state index contributed by atoms with van der Waals surface area (Å²) < 4.78 is 37.1. The number of aliphatic hydroxyl groups is 1. The Bertz CT molecular complexity index is 750. The van der Waals surface area contributed by atoms with Crippen molar-refractivity contribution in [1.29, 1.82) is 0 Å². The van der Waals surface area contributed by atoms with Crippen LogP contribution in [0, 0.1) is 0 Å². The van der Waals surface area contributed by atoms with Crippen molar-refractivity contribution in [1.82, 2.24) is 0 Å². The number of hydrogen-bond donors (Lipinski definition) is 4. The lowest BCUT2D eigenvalue weighted by molar-refractivity contribution is -0.178. The van der Waals surface area contributed by atoms with Crippen LogP contribution in [-0.2, 0) is 42.7 Å². The zero-order valence-corrected chi connectivity index (χ0v) is 19.9. The average molecular weight is 515 g/mol. The molecule has 0 fully saturated rings. The molecular formula is C20H34O13S. The summed E-state index contributed by atoms with van der Waals surface area (Å²) in [7, 11) is -4.98. The third-order valence-corrected chi connectivity index (χ3v) is 5.51. The highest BCUT2D eigenvalue weighted by atomic mass is 32.3. The molecule has 34 heavy (non-hydrogen) atoms. The number of aliphatic carboxylic acids is 3. The molecule has 0 aromatic heterocycles. The van der Waals surface area contributed by atoms with Crippen molar-refractivity contribution in [2.75, 3.05) is 6.61 Å². The Morgan fingerprint density at radius 2 is 1.29 bits per heavy atom. The van der Waals surface area contributed by atoms with Crippen LogP contribution in [0.1, 0.15) is 77.6 Å². The molecule has 0 amide bonds. The SMILES string of the molecule is CCCCCCCCCCCCOS(=O)(=O)OC(C(=O)OC(CC(=O)O)C(=O)O)C(O)C(=O)O. The van der Waals surface area contributed by atoms with Gasteiger partial charge in [-0.2, -0.15) is 8.42 Å². The van der Waals surface area contributed by atoms with Gasteiger partial charge in [-0.15, -0.1) is 0 Å². The van der Waals surface area contributed by atoms with Crippen LogP contribution >= 0.6 is 0 Å². The molecule has 0 aromatic rings. The number of carbonyl (C=O) groups excluding carboxylic acids is 1. The lowest BCUT2D eigenvalue weighted by atomic mass is 10.1. The van der Waals surface area contributed by atoms with Crippen molar-refractivity contribution in [2.45, 2.75) is 95.9 Å². The van der Waals surface area contributed by atoms with Gasteiger partial charge < -0.3 is 25.2 Å². The van der Waals surface area contributed by atoms with E-state index in [0.29, 0.717) is 12.8 Å². The Hall–Kier alpha value is -2.29. The van der Waals surface area contributed by atoms with E-state index in [0.717, 1.165) is 25.7 Å². The van der Waals surface area contributed by atoms with Crippen LogP contribution in [0.25, 0.3) is 0 Å². The summed E-state index contributed by atoms with van der Waals surface area (Å²) in [5, 5.41) is 36.0. The molecule has 0 aliphatic carbocycles. The third kappa shape index (κ3) is 14.8. The summed E-state index contributed by atoms with van der Waals surface area (Å²) in [6.07, 6.45) is 0.873. The van der Waals surface area contributed by atoms with Gasteiger partial charge in [-0.25, -0.2) is 22.7 Å². The number of ether oxygens (including phenoxy) is 1. The van der Waals surface area contributed by atoms with E-state index in [4.69, 9.17) is 15.3 Å². The van der Waals surface area contributed by atoms with Crippen molar-refractivity contribution in [2.24, 2.45) is 0 Å². The van der Waals surface area contributed by atoms with Gasteiger partial charge in [0.15, 0.2) is 6.10 Å². The molecule has 14 heteroatoms. The van der Waals surface area contributed by atoms with Gasteiger partial charge in [0.2, 0.25) is 12.2 Å². The maximum Gasteiger partial charge on any atom is 0.400 e. The van der Waals surface area contributed by atoms with Gasteiger partial charge in [-0.3, -0.25) is 4.79 Å². The van der Waals surface area contributed by atoms with Crippen molar-refractivity contribution >= 4 is 34.3 Å². The quantitative estimate of drug-likeness (QED) is 0.126. The molecule has 0 aliphatic heterocycles. The molecule has 0 bridgehead atoms.